The number of anilines is 1. The van der Waals surface area contributed by atoms with Crippen LogP contribution in [-0.4, -0.2) is 26.2 Å². The van der Waals surface area contributed by atoms with Gasteiger partial charge in [-0.1, -0.05) is 29.8 Å². The summed E-state index contributed by atoms with van der Waals surface area (Å²) in [6.45, 7) is 1.61. The smallest absolute Gasteiger partial charge is 0.242 e. The minimum Gasteiger partial charge on any atom is -0.348 e. The number of nitrogens with zero attached hydrogens (tertiary/aromatic N) is 1. The molecule has 3 rings (SSSR count). The fourth-order valence-electron chi connectivity index (χ4n) is 2.76. The maximum Gasteiger partial charge on any atom is 0.242 e. The van der Waals surface area contributed by atoms with Gasteiger partial charge < -0.3 is 4.98 Å². The number of H-pyrrole nitrogens is 1. The van der Waals surface area contributed by atoms with Gasteiger partial charge in [0.15, 0.2) is 5.78 Å². The Morgan fingerprint density at radius 1 is 1.04 bits per heavy atom. The average molecular weight is 403 g/mol. The number of carbonyl (C=O) groups excluding carboxylic acids is 1. The van der Waals surface area contributed by atoms with Gasteiger partial charge in [-0.15, -0.1) is 0 Å². The van der Waals surface area contributed by atoms with Crippen LogP contribution in [0.4, 0.5) is 5.82 Å². The van der Waals surface area contributed by atoms with Crippen LogP contribution in [0.25, 0.3) is 0 Å². The molecule has 7 heteroatoms. The van der Waals surface area contributed by atoms with Gasteiger partial charge in [0.05, 0.1) is 0 Å². The van der Waals surface area contributed by atoms with E-state index in [0.29, 0.717) is 27.5 Å². The number of nitrogens with one attached hydrogen (secondary N) is 1. The van der Waals surface area contributed by atoms with Crippen LogP contribution < -0.4 is 4.31 Å². The number of aromatic amines is 1. The lowest BCUT2D eigenvalue weighted by Crippen LogP contribution is -2.30. The van der Waals surface area contributed by atoms with Gasteiger partial charge in [0.2, 0.25) is 10.0 Å². The summed E-state index contributed by atoms with van der Waals surface area (Å²) in [6, 6.07) is 16.7. The summed E-state index contributed by atoms with van der Waals surface area (Å²) >= 11 is 5.87. The zero-order chi connectivity index (χ0) is 19.6. The van der Waals surface area contributed by atoms with Crippen molar-refractivity contribution in [1.82, 2.24) is 4.98 Å². The molecule has 0 saturated heterocycles. The highest BCUT2D eigenvalue weighted by Crippen LogP contribution is 2.28. The predicted molar refractivity (Wildman–Crippen MR) is 108 cm³/mol. The summed E-state index contributed by atoms with van der Waals surface area (Å²) in [4.78, 5) is 15.6. The highest BCUT2D eigenvalue weighted by Gasteiger charge is 2.28. The van der Waals surface area contributed by atoms with Crippen LogP contribution >= 0.6 is 11.6 Å². The molecule has 27 heavy (non-hydrogen) atoms. The van der Waals surface area contributed by atoms with Gasteiger partial charge >= 0.3 is 0 Å². The van der Waals surface area contributed by atoms with Gasteiger partial charge in [0.25, 0.3) is 0 Å². The molecule has 3 aromatic rings. The van der Waals surface area contributed by atoms with Crippen LogP contribution in [0.2, 0.25) is 5.02 Å². The highest BCUT2D eigenvalue weighted by molar-refractivity contribution is 7.93. The Morgan fingerprint density at radius 2 is 1.74 bits per heavy atom. The topological polar surface area (TPSA) is 70.2 Å². The molecule has 0 aliphatic carbocycles. The van der Waals surface area contributed by atoms with Gasteiger partial charge in [0, 0.05) is 29.4 Å². The number of rotatable bonds is 6. The Kier molecular flexibility index (Phi) is 5.39. The van der Waals surface area contributed by atoms with Crippen LogP contribution in [0.15, 0.2) is 66.9 Å². The molecule has 140 valence electrons. The van der Waals surface area contributed by atoms with E-state index in [1.165, 1.54) is 11.4 Å². The lowest BCUT2D eigenvalue weighted by atomic mass is 10.0. The zero-order valence-electron chi connectivity index (χ0n) is 14.9. The molecule has 2 aromatic carbocycles. The molecule has 1 atom stereocenters. The van der Waals surface area contributed by atoms with E-state index in [0.717, 1.165) is 0 Å². The molecule has 0 aliphatic heterocycles. The van der Waals surface area contributed by atoms with Crippen LogP contribution in [0.1, 0.15) is 33.7 Å². The van der Waals surface area contributed by atoms with E-state index >= 15 is 0 Å². The normalized spacial score (nSPS) is 12.6. The number of carbonyl (C=O) groups is 1. The van der Waals surface area contributed by atoms with Gasteiger partial charge in [0.1, 0.15) is 11.1 Å². The number of sulfonamides is 1. The second kappa shape index (κ2) is 7.58. The van der Waals surface area contributed by atoms with Crippen molar-refractivity contribution in [2.45, 2.75) is 12.2 Å². The Labute approximate surface area is 163 Å². The van der Waals surface area contributed by atoms with E-state index in [9.17, 15) is 13.2 Å². The third-order valence-corrected chi connectivity index (χ3v) is 6.85. The molecule has 0 fully saturated rings. The first-order valence-electron chi connectivity index (χ1n) is 8.32. The summed E-state index contributed by atoms with van der Waals surface area (Å²) in [5.41, 5.74) is 1.48. The molecule has 1 heterocycles. The van der Waals surface area contributed by atoms with E-state index in [1.54, 1.807) is 73.8 Å². The van der Waals surface area contributed by atoms with Crippen molar-refractivity contribution in [2.24, 2.45) is 0 Å². The number of hydrogen-bond donors (Lipinski definition) is 1. The summed E-state index contributed by atoms with van der Waals surface area (Å²) in [7, 11) is -2.15. The van der Waals surface area contributed by atoms with Crippen molar-refractivity contribution in [1.29, 1.82) is 0 Å². The molecule has 0 saturated carbocycles. The maximum absolute atomic E-state index is 12.9. The molecule has 1 unspecified atom stereocenters. The third kappa shape index (κ3) is 3.91. The van der Waals surface area contributed by atoms with Crippen LogP contribution in [0, 0.1) is 0 Å². The zero-order valence-corrected chi connectivity index (χ0v) is 16.5. The van der Waals surface area contributed by atoms with Crippen LogP contribution in [-0.2, 0) is 10.0 Å². The number of hydrogen-bond acceptors (Lipinski definition) is 3. The molecular formula is C20H19ClN2O3S. The summed E-state index contributed by atoms with van der Waals surface area (Å²) in [5.74, 6) is 0.297. The van der Waals surface area contributed by atoms with Crippen molar-refractivity contribution >= 4 is 33.2 Å². The molecule has 0 radical (unpaired) electrons. The first-order chi connectivity index (χ1) is 12.8. The fraction of sp³-hybridized carbons (Fsp3) is 0.150. The van der Waals surface area contributed by atoms with Crippen LogP contribution in [0.5, 0.6) is 0 Å². The van der Waals surface area contributed by atoms with Gasteiger partial charge in [-0.25, -0.2) is 8.42 Å². The van der Waals surface area contributed by atoms with E-state index in [2.05, 4.69) is 4.98 Å². The summed E-state index contributed by atoms with van der Waals surface area (Å²) in [5, 5.41) is -0.267. The first-order valence-corrected chi connectivity index (χ1v) is 10.2. The van der Waals surface area contributed by atoms with Crippen LogP contribution in [0.3, 0.4) is 0 Å². The summed E-state index contributed by atoms with van der Waals surface area (Å²) in [6.07, 6.45) is 1.66. The first kappa shape index (κ1) is 19.2. The minimum atomic E-state index is -3.65. The number of aromatic nitrogens is 1. The fourth-order valence-corrected chi connectivity index (χ4v) is 4.24. The number of benzene rings is 2. The van der Waals surface area contributed by atoms with Crippen molar-refractivity contribution in [3.8, 4) is 0 Å². The van der Waals surface area contributed by atoms with E-state index in [1.807, 2.05) is 0 Å². The number of ketones is 1. The minimum absolute atomic E-state index is 0.184. The Balaban J connectivity index is 1.90. The second-order valence-corrected chi connectivity index (χ2v) is 8.89. The van der Waals surface area contributed by atoms with E-state index < -0.39 is 15.3 Å². The maximum atomic E-state index is 12.9. The molecular weight excluding hydrogens is 384 g/mol. The predicted octanol–water partition coefficient (Wildman–Crippen LogP) is 4.43. The van der Waals surface area contributed by atoms with Crippen molar-refractivity contribution in [2.75, 3.05) is 11.4 Å². The standard InChI is InChI=1S/C20H19ClN2O3S/c1-14(27(25,26)23(2)19-7-4-12-22-19)16-5-3-6-17(13-16)20(24)15-8-10-18(21)11-9-15/h3-14,22H,1-2H3. The Hall–Kier alpha value is -2.57. The monoisotopic (exact) mass is 402 g/mol. The van der Waals surface area contributed by atoms with Crippen molar-refractivity contribution < 1.29 is 13.2 Å². The van der Waals surface area contributed by atoms with Gasteiger partial charge in [-0.3, -0.25) is 9.10 Å². The van der Waals surface area contributed by atoms with Crippen molar-refractivity contribution in [3.63, 3.8) is 0 Å². The molecule has 5 nitrogen and oxygen atoms in total. The molecule has 1 N–H and O–H groups in total. The number of halogens is 1. The van der Waals surface area contributed by atoms with Gasteiger partial charge in [-0.2, -0.15) is 0 Å². The molecule has 0 bridgehead atoms. The second-order valence-electron chi connectivity index (χ2n) is 6.17. The van der Waals surface area contributed by atoms with Crippen molar-refractivity contribution in [3.05, 3.63) is 88.6 Å². The molecule has 0 aliphatic rings. The molecule has 0 spiro atoms. The van der Waals surface area contributed by atoms with E-state index in [-0.39, 0.29) is 5.78 Å². The van der Waals surface area contributed by atoms with E-state index in [4.69, 9.17) is 11.6 Å². The van der Waals surface area contributed by atoms with Gasteiger partial charge in [-0.05, 0) is 55.0 Å². The SMILES string of the molecule is CC(c1cccc(C(=O)c2ccc(Cl)cc2)c1)S(=O)(=O)N(C)c1ccc[nH]1. The lowest BCUT2D eigenvalue weighted by molar-refractivity contribution is 0.103. The highest BCUT2D eigenvalue weighted by atomic mass is 35.5. The average Bonchev–Trinajstić information content (AvgIpc) is 3.21. The Morgan fingerprint density at radius 3 is 2.37 bits per heavy atom. The quantitative estimate of drug-likeness (QED) is 0.620. The summed E-state index contributed by atoms with van der Waals surface area (Å²) < 4.78 is 27.1. The molecule has 0 amide bonds. The lowest BCUT2D eigenvalue weighted by Gasteiger charge is -2.23. The Bertz CT molecular complexity index is 1050. The molecule has 1 aromatic heterocycles. The largest absolute Gasteiger partial charge is 0.348 e. The third-order valence-electron chi connectivity index (χ3n) is 4.47.